The van der Waals surface area contributed by atoms with Crippen LogP contribution in [-0.4, -0.2) is 40.3 Å². The van der Waals surface area contributed by atoms with E-state index < -0.39 is 23.2 Å². The minimum absolute atomic E-state index is 0.262. The summed E-state index contributed by atoms with van der Waals surface area (Å²) in [4.78, 5) is 24.3. The van der Waals surface area contributed by atoms with Crippen molar-refractivity contribution in [3.63, 3.8) is 0 Å². The van der Waals surface area contributed by atoms with Gasteiger partial charge in [-0.15, -0.1) is 0 Å². The molecular weight excluding hydrogens is 332 g/mol. The van der Waals surface area contributed by atoms with Gasteiger partial charge in [-0.05, 0) is 43.3 Å². The molecule has 2 N–H and O–H groups in total. The predicted octanol–water partition coefficient (Wildman–Crippen LogP) is 3.17. The van der Waals surface area contributed by atoms with Gasteiger partial charge in [0.1, 0.15) is 11.7 Å². The third-order valence-electron chi connectivity index (χ3n) is 6.83. The number of aliphatic hydroxyl groups is 2. The summed E-state index contributed by atoms with van der Waals surface area (Å²) < 4.78 is 5.81. The minimum Gasteiger partial charge on any atom is -0.458 e. The predicted molar refractivity (Wildman–Crippen MR) is 99.4 cm³/mol. The number of carbonyl (C=O) groups is 2. The Kier molecular flexibility index (Phi) is 6.03. The maximum Gasteiger partial charge on any atom is 0.306 e. The molecule has 0 heterocycles. The van der Waals surface area contributed by atoms with Gasteiger partial charge in [-0.2, -0.15) is 0 Å². The fourth-order valence-corrected chi connectivity index (χ4v) is 5.21. The van der Waals surface area contributed by atoms with Crippen LogP contribution in [0.5, 0.6) is 0 Å². The number of carbonyl (C=O) groups excluding carboxylic acids is 2. The van der Waals surface area contributed by atoms with Crippen LogP contribution in [0, 0.1) is 16.7 Å². The van der Waals surface area contributed by atoms with Gasteiger partial charge >= 0.3 is 5.97 Å². The van der Waals surface area contributed by atoms with Gasteiger partial charge in [-0.1, -0.05) is 40.5 Å². The Labute approximate surface area is 156 Å². The van der Waals surface area contributed by atoms with E-state index in [9.17, 15) is 19.8 Å². The molecule has 26 heavy (non-hydrogen) atoms. The van der Waals surface area contributed by atoms with Crippen molar-refractivity contribution in [3.05, 3.63) is 11.6 Å². The van der Waals surface area contributed by atoms with Crippen LogP contribution in [0.25, 0.3) is 0 Å². The number of fused-ring (bicyclic) bond motifs is 1. The molecule has 148 valence electrons. The molecule has 1 fully saturated rings. The van der Waals surface area contributed by atoms with E-state index in [0.717, 1.165) is 25.7 Å². The summed E-state index contributed by atoms with van der Waals surface area (Å²) in [7, 11) is 0. The zero-order chi connectivity index (χ0) is 19.8. The Morgan fingerprint density at radius 2 is 2.00 bits per heavy atom. The molecule has 2 aliphatic carbocycles. The number of hydrogen-bond donors (Lipinski definition) is 2. The van der Waals surface area contributed by atoms with E-state index in [1.807, 2.05) is 0 Å². The highest BCUT2D eigenvalue weighted by Gasteiger charge is 2.66. The number of hydrogen-bond acceptors (Lipinski definition) is 5. The molecule has 0 radical (unpaired) electrons. The lowest BCUT2D eigenvalue weighted by atomic mass is 9.45. The molecule has 0 bridgehead atoms. The first-order valence-corrected chi connectivity index (χ1v) is 9.79. The van der Waals surface area contributed by atoms with E-state index in [1.54, 1.807) is 19.9 Å². The molecule has 2 aliphatic rings. The van der Waals surface area contributed by atoms with Gasteiger partial charge in [0.05, 0.1) is 6.10 Å². The summed E-state index contributed by atoms with van der Waals surface area (Å²) in [6.07, 6.45) is 5.24. The monoisotopic (exact) mass is 366 g/mol. The van der Waals surface area contributed by atoms with E-state index in [2.05, 4.69) is 20.8 Å². The first-order chi connectivity index (χ1) is 12.0. The summed E-state index contributed by atoms with van der Waals surface area (Å²) in [5, 5.41) is 22.0. The van der Waals surface area contributed by atoms with Crippen molar-refractivity contribution < 1.29 is 24.5 Å². The van der Waals surface area contributed by atoms with Crippen LogP contribution >= 0.6 is 0 Å². The maximum atomic E-state index is 12.3. The van der Waals surface area contributed by atoms with Crippen molar-refractivity contribution in [2.75, 3.05) is 0 Å². The van der Waals surface area contributed by atoms with Crippen LogP contribution in [0.3, 0.4) is 0 Å². The average molecular weight is 366 g/mol. The highest BCUT2D eigenvalue weighted by molar-refractivity contribution is 5.73. The summed E-state index contributed by atoms with van der Waals surface area (Å²) in [6, 6.07) is 0. The summed E-state index contributed by atoms with van der Waals surface area (Å²) >= 11 is 0. The molecular formula is C21H34O5. The Bertz CT molecular complexity index is 581. The maximum absolute atomic E-state index is 12.3. The highest BCUT2D eigenvalue weighted by atomic mass is 16.5. The van der Waals surface area contributed by atoms with Crippen LogP contribution in [0.1, 0.15) is 73.1 Å². The fourth-order valence-electron chi connectivity index (χ4n) is 5.21. The molecule has 0 aromatic carbocycles. The molecule has 0 aromatic heterocycles. The lowest BCUT2D eigenvalue weighted by Gasteiger charge is -2.61. The first-order valence-electron chi connectivity index (χ1n) is 9.79. The van der Waals surface area contributed by atoms with E-state index in [0.29, 0.717) is 24.7 Å². The standard InChI is InChI=1S/C21H34O5/c1-6-7-8-9-17(24)26-15-12-14(2)21(25,13-22)20(5)16(23)10-11-19(3,4)18(15)20/h12-13,15-16,18,23,25H,6-11H2,1-5H3. The Morgan fingerprint density at radius 1 is 1.35 bits per heavy atom. The molecule has 0 saturated heterocycles. The topological polar surface area (TPSA) is 83.8 Å². The normalized spacial score (nSPS) is 38.9. The lowest BCUT2D eigenvalue weighted by Crippen LogP contribution is -2.68. The zero-order valence-corrected chi connectivity index (χ0v) is 16.7. The SMILES string of the molecule is CCCCCC(=O)OC1C=C(C)C(O)(C=O)C2(C)C(O)CCC(C)(C)C12. The van der Waals surface area contributed by atoms with Gasteiger partial charge in [0.2, 0.25) is 0 Å². The Balaban J connectivity index is 2.42. The van der Waals surface area contributed by atoms with Gasteiger partial charge in [0.15, 0.2) is 6.29 Å². The van der Waals surface area contributed by atoms with E-state index in [1.165, 1.54) is 0 Å². The fraction of sp³-hybridized carbons (Fsp3) is 0.810. The molecule has 1 saturated carbocycles. The minimum atomic E-state index is -1.76. The number of unbranched alkanes of at least 4 members (excludes halogenated alkanes) is 2. The van der Waals surface area contributed by atoms with Crippen molar-refractivity contribution in [2.24, 2.45) is 16.7 Å². The molecule has 0 aromatic rings. The first kappa shape index (κ1) is 21.1. The second-order valence-electron chi connectivity index (χ2n) is 8.95. The smallest absolute Gasteiger partial charge is 0.306 e. The Morgan fingerprint density at radius 3 is 2.58 bits per heavy atom. The molecule has 5 nitrogen and oxygen atoms in total. The van der Waals surface area contributed by atoms with Crippen LogP contribution in [-0.2, 0) is 14.3 Å². The van der Waals surface area contributed by atoms with Gasteiger partial charge in [-0.25, -0.2) is 0 Å². The second-order valence-corrected chi connectivity index (χ2v) is 8.95. The highest BCUT2D eigenvalue weighted by Crippen LogP contribution is 2.61. The van der Waals surface area contributed by atoms with Gasteiger partial charge in [0, 0.05) is 17.8 Å². The molecule has 0 aliphatic heterocycles. The number of ether oxygens (including phenoxy) is 1. The molecule has 2 rings (SSSR count). The van der Waals surface area contributed by atoms with Crippen molar-refractivity contribution in [2.45, 2.75) is 91.0 Å². The van der Waals surface area contributed by atoms with Crippen LogP contribution in [0.15, 0.2) is 11.6 Å². The summed E-state index contributed by atoms with van der Waals surface area (Å²) in [5.74, 6) is -0.616. The second kappa shape index (κ2) is 7.43. The number of aliphatic hydroxyl groups excluding tert-OH is 1. The van der Waals surface area contributed by atoms with Gasteiger partial charge in [-0.3, -0.25) is 9.59 Å². The van der Waals surface area contributed by atoms with Crippen molar-refractivity contribution in [3.8, 4) is 0 Å². The van der Waals surface area contributed by atoms with Crippen LogP contribution < -0.4 is 0 Å². The van der Waals surface area contributed by atoms with Crippen molar-refractivity contribution >= 4 is 12.3 Å². The number of esters is 1. The Hall–Kier alpha value is -1.20. The number of aldehydes is 1. The van der Waals surface area contributed by atoms with Crippen molar-refractivity contribution in [1.82, 2.24) is 0 Å². The molecule has 0 amide bonds. The van der Waals surface area contributed by atoms with E-state index >= 15 is 0 Å². The van der Waals surface area contributed by atoms with Crippen LogP contribution in [0.4, 0.5) is 0 Å². The molecule has 0 spiro atoms. The third kappa shape index (κ3) is 3.24. The van der Waals surface area contributed by atoms with E-state index in [4.69, 9.17) is 4.74 Å². The van der Waals surface area contributed by atoms with Crippen molar-refractivity contribution in [1.29, 1.82) is 0 Å². The quantitative estimate of drug-likeness (QED) is 0.326. The molecule has 5 atom stereocenters. The summed E-state index contributed by atoms with van der Waals surface area (Å²) in [6.45, 7) is 9.61. The van der Waals surface area contributed by atoms with E-state index in [-0.39, 0.29) is 17.3 Å². The van der Waals surface area contributed by atoms with Crippen LogP contribution in [0.2, 0.25) is 0 Å². The third-order valence-corrected chi connectivity index (χ3v) is 6.83. The lowest BCUT2D eigenvalue weighted by molar-refractivity contribution is -0.219. The molecule has 5 unspecified atom stereocenters. The number of rotatable bonds is 6. The van der Waals surface area contributed by atoms with Gasteiger partial charge < -0.3 is 14.9 Å². The average Bonchev–Trinajstić information content (AvgIpc) is 2.56. The largest absolute Gasteiger partial charge is 0.458 e. The summed E-state index contributed by atoms with van der Waals surface area (Å²) in [5.41, 5.74) is -2.73. The zero-order valence-electron chi connectivity index (χ0n) is 16.7. The van der Waals surface area contributed by atoms with Gasteiger partial charge in [0.25, 0.3) is 0 Å². The molecule has 5 heteroatoms.